The largest absolute Gasteiger partial charge is 0.395 e. The first kappa shape index (κ1) is 8.52. The van der Waals surface area contributed by atoms with Gasteiger partial charge in [-0.05, 0) is 32.2 Å². The second kappa shape index (κ2) is 3.35. The Labute approximate surface area is 74.6 Å². The Hall–Kier alpha value is -0.0800. The SMILES string of the molecule is CN1C(CO)CC2CCCCC21. The van der Waals surface area contributed by atoms with E-state index in [1.54, 1.807) is 0 Å². The molecule has 0 amide bonds. The van der Waals surface area contributed by atoms with Crippen molar-refractivity contribution in [2.24, 2.45) is 5.92 Å². The fourth-order valence-corrected chi connectivity index (χ4v) is 2.99. The molecule has 1 saturated carbocycles. The van der Waals surface area contributed by atoms with Gasteiger partial charge in [-0.3, -0.25) is 4.90 Å². The predicted octanol–water partition coefficient (Wildman–Crippen LogP) is 1.24. The van der Waals surface area contributed by atoms with Crippen molar-refractivity contribution in [3.8, 4) is 0 Å². The number of nitrogens with zero attached hydrogens (tertiary/aromatic N) is 1. The number of fused-ring (bicyclic) bond motifs is 1. The van der Waals surface area contributed by atoms with Gasteiger partial charge in [0.15, 0.2) is 0 Å². The lowest BCUT2D eigenvalue weighted by Gasteiger charge is -2.30. The number of aliphatic hydroxyl groups is 1. The average molecular weight is 169 g/mol. The molecule has 0 spiro atoms. The van der Waals surface area contributed by atoms with Crippen LogP contribution in [0.1, 0.15) is 32.1 Å². The van der Waals surface area contributed by atoms with Crippen LogP contribution in [0.5, 0.6) is 0 Å². The van der Waals surface area contributed by atoms with Crippen molar-refractivity contribution < 1.29 is 5.11 Å². The van der Waals surface area contributed by atoms with Gasteiger partial charge < -0.3 is 5.11 Å². The topological polar surface area (TPSA) is 23.5 Å². The molecule has 2 nitrogen and oxygen atoms in total. The summed E-state index contributed by atoms with van der Waals surface area (Å²) < 4.78 is 0. The van der Waals surface area contributed by atoms with Gasteiger partial charge in [0, 0.05) is 12.1 Å². The van der Waals surface area contributed by atoms with Gasteiger partial charge in [0.1, 0.15) is 0 Å². The molecule has 0 radical (unpaired) electrons. The summed E-state index contributed by atoms with van der Waals surface area (Å²) in [6.07, 6.45) is 6.79. The van der Waals surface area contributed by atoms with E-state index in [0.29, 0.717) is 12.6 Å². The van der Waals surface area contributed by atoms with Gasteiger partial charge in [0.2, 0.25) is 0 Å². The van der Waals surface area contributed by atoms with Crippen LogP contribution in [0, 0.1) is 5.92 Å². The Morgan fingerprint density at radius 2 is 2.08 bits per heavy atom. The summed E-state index contributed by atoms with van der Waals surface area (Å²) >= 11 is 0. The van der Waals surface area contributed by atoms with Crippen LogP contribution in [0.25, 0.3) is 0 Å². The highest BCUT2D eigenvalue weighted by molar-refractivity contribution is 4.93. The molecule has 0 aromatic carbocycles. The quantitative estimate of drug-likeness (QED) is 0.638. The minimum absolute atomic E-state index is 0.351. The number of likely N-dealkylation sites (tertiary alicyclic amines) is 1. The van der Waals surface area contributed by atoms with Gasteiger partial charge >= 0.3 is 0 Å². The van der Waals surface area contributed by atoms with Gasteiger partial charge in [-0.15, -0.1) is 0 Å². The number of rotatable bonds is 1. The highest BCUT2D eigenvalue weighted by Gasteiger charge is 2.39. The van der Waals surface area contributed by atoms with Crippen LogP contribution in [0.15, 0.2) is 0 Å². The predicted molar refractivity (Wildman–Crippen MR) is 49.0 cm³/mol. The third kappa shape index (κ3) is 1.27. The first-order valence-electron chi connectivity index (χ1n) is 5.15. The van der Waals surface area contributed by atoms with Crippen LogP contribution >= 0.6 is 0 Å². The molecule has 2 heteroatoms. The Morgan fingerprint density at radius 3 is 2.75 bits per heavy atom. The normalized spacial score (nSPS) is 43.0. The van der Waals surface area contributed by atoms with E-state index in [4.69, 9.17) is 5.11 Å². The molecule has 70 valence electrons. The molecule has 0 aromatic heterocycles. The molecule has 3 unspecified atom stereocenters. The monoisotopic (exact) mass is 169 g/mol. The van der Waals surface area contributed by atoms with Crippen molar-refractivity contribution in [3.05, 3.63) is 0 Å². The third-order valence-electron chi connectivity index (χ3n) is 3.75. The maximum Gasteiger partial charge on any atom is 0.0586 e. The molecule has 1 saturated heterocycles. The van der Waals surface area contributed by atoms with Gasteiger partial charge in [0.05, 0.1) is 6.61 Å². The van der Waals surface area contributed by atoms with Crippen molar-refractivity contribution in [2.75, 3.05) is 13.7 Å². The molecule has 2 rings (SSSR count). The summed E-state index contributed by atoms with van der Waals surface area (Å²) in [7, 11) is 2.18. The van der Waals surface area contributed by atoms with Crippen molar-refractivity contribution in [2.45, 2.75) is 44.2 Å². The van der Waals surface area contributed by atoms with Crippen molar-refractivity contribution in [1.29, 1.82) is 0 Å². The van der Waals surface area contributed by atoms with Crippen LogP contribution in [0.4, 0.5) is 0 Å². The Balaban J connectivity index is 2.03. The van der Waals surface area contributed by atoms with Crippen molar-refractivity contribution >= 4 is 0 Å². The van der Waals surface area contributed by atoms with Crippen LogP contribution in [0.2, 0.25) is 0 Å². The Bertz CT molecular complexity index is 158. The zero-order chi connectivity index (χ0) is 8.55. The smallest absolute Gasteiger partial charge is 0.0586 e. The molecule has 1 N–H and O–H groups in total. The van der Waals surface area contributed by atoms with Crippen LogP contribution in [-0.2, 0) is 0 Å². The van der Waals surface area contributed by atoms with E-state index in [2.05, 4.69) is 11.9 Å². The molecule has 1 aliphatic carbocycles. The van der Waals surface area contributed by atoms with E-state index in [1.807, 2.05) is 0 Å². The minimum Gasteiger partial charge on any atom is -0.395 e. The van der Waals surface area contributed by atoms with E-state index >= 15 is 0 Å². The van der Waals surface area contributed by atoms with Gasteiger partial charge in [-0.1, -0.05) is 12.8 Å². The summed E-state index contributed by atoms with van der Waals surface area (Å²) in [5, 5.41) is 9.14. The zero-order valence-corrected chi connectivity index (χ0v) is 7.87. The van der Waals surface area contributed by atoms with E-state index in [0.717, 1.165) is 12.0 Å². The first-order valence-corrected chi connectivity index (χ1v) is 5.15. The maximum atomic E-state index is 9.14. The fourth-order valence-electron chi connectivity index (χ4n) is 2.99. The Morgan fingerprint density at radius 1 is 1.33 bits per heavy atom. The lowest BCUT2D eigenvalue weighted by molar-refractivity contribution is 0.140. The molecular weight excluding hydrogens is 150 g/mol. The number of hydrogen-bond acceptors (Lipinski definition) is 2. The molecule has 1 heterocycles. The van der Waals surface area contributed by atoms with E-state index in [-0.39, 0.29) is 0 Å². The maximum absolute atomic E-state index is 9.14. The number of likely N-dealkylation sites (N-methyl/N-ethyl adjacent to an activating group) is 1. The standard InChI is InChI=1S/C10H19NO/c1-11-9(7-12)6-8-4-2-3-5-10(8)11/h8-10,12H,2-7H2,1H3. The van der Waals surface area contributed by atoms with Crippen LogP contribution < -0.4 is 0 Å². The number of hydrogen-bond donors (Lipinski definition) is 1. The summed E-state index contributed by atoms with van der Waals surface area (Å²) in [6.45, 7) is 0.351. The summed E-state index contributed by atoms with van der Waals surface area (Å²) in [4.78, 5) is 2.41. The molecular formula is C10H19NO. The minimum atomic E-state index is 0.351. The fraction of sp³-hybridized carbons (Fsp3) is 1.00. The second-order valence-corrected chi connectivity index (χ2v) is 4.35. The lowest BCUT2D eigenvalue weighted by atomic mass is 9.85. The van der Waals surface area contributed by atoms with E-state index in [1.165, 1.54) is 32.1 Å². The van der Waals surface area contributed by atoms with Crippen molar-refractivity contribution in [1.82, 2.24) is 4.90 Å². The van der Waals surface area contributed by atoms with Crippen molar-refractivity contribution in [3.63, 3.8) is 0 Å². The highest BCUT2D eigenvalue weighted by Crippen LogP contribution is 2.38. The molecule has 1 aliphatic heterocycles. The zero-order valence-electron chi connectivity index (χ0n) is 7.87. The van der Waals surface area contributed by atoms with Gasteiger partial charge in [-0.25, -0.2) is 0 Å². The molecule has 2 aliphatic rings. The van der Waals surface area contributed by atoms with Gasteiger partial charge in [0.25, 0.3) is 0 Å². The summed E-state index contributed by atoms with van der Waals surface area (Å²) in [5.74, 6) is 0.890. The second-order valence-electron chi connectivity index (χ2n) is 4.35. The third-order valence-corrected chi connectivity index (χ3v) is 3.75. The highest BCUT2D eigenvalue weighted by atomic mass is 16.3. The van der Waals surface area contributed by atoms with E-state index < -0.39 is 0 Å². The van der Waals surface area contributed by atoms with Crippen LogP contribution in [-0.4, -0.2) is 35.7 Å². The Kier molecular flexibility index (Phi) is 2.37. The molecule has 2 fully saturated rings. The lowest BCUT2D eigenvalue weighted by Crippen LogP contribution is -2.36. The average Bonchev–Trinajstić information content (AvgIpc) is 2.44. The van der Waals surface area contributed by atoms with Crippen LogP contribution in [0.3, 0.4) is 0 Å². The summed E-state index contributed by atoms with van der Waals surface area (Å²) in [6, 6.07) is 1.24. The van der Waals surface area contributed by atoms with E-state index in [9.17, 15) is 0 Å². The molecule has 12 heavy (non-hydrogen) atoms. The molecule has 0 bridgehead atoms. The molecule has 3 atom stereocenters. The van der Waals surface area contributed by atoms with Gasteiger partial charge in [-0.2, -0.15) is 0 Å². The summed E-state index contributed by atoms with van der Waals surface area (Å²) in [5.41, 5.74) is 0. The number of aliphatic hydroxyl groups excluding tert-OH is 1. The first-order chi connectivity index (χ1) is 5.83. The molecule has 0 aromatic rings.